The smallest absolute Gasteiger partial charge is 0.349 e. The van der Waals surface area contributed by atoms with Gasteiger partial charge in [0.15, 0.2) is 5.03 Å². The van der Waals surface area contributed by atoms with Crippen molar-refractivity contribution in [2.24, 2.45) is 14.1 Å². The van der Waals surface area contributed by atoms with Crippen LogP contribution in [0.15, 0.2) is 51.7 Å². The number of benzene rings is 1. The predicted octanol–water partition coefficient (Wildman–Crippen LogP) is 3.15. The van der Waals surface area contributed by atoms with Crippen molar-refractivity contribution in [2.75, 3.05) is 31.0 Å². The van der Waals surface area contributed by atoms with Gasteiger partial charge in [-0.25, -0.2) is 19.2 Å². The van der Waals surface area contributed by atoms with E-state index in [1.807, 2.05) is 4.72 Å². The summed E-state index contributed by atoms with van der Waals surface area (Å²) in [5, 5.41) is 17.4. The molecule has 20 nitrogen and oxygen atoms in total. The van der Waals surface area contributed by atoms with Crippen LogP contribution in [0.25, 0.3) is 17.5 Å². The molecule has 6 rings (SSSR count). The van der Waals surface area contributed by atoms with Crippen LogP contribution in [-0.2, 0) is 43.2 Å². The number of urea groups is 1. The lowest BCUT2D eigenvalue weighted by atomic mass is 9.93. The van der Waals surface area contributed by atoms with Crippen LogP contribution < -0.4 is 24.4 Å². The van der Waals surface area contributed by atoms with Gasteiger partial charge in [0, 0.05) is 23.2 Å². The molecule has 1 aliphatic carbocycles. The Labute approximate surface area is 323 Å². The number of carbonyl (C=O) groups excluding carboxylic acids is 4. The molecule has 3 aromatic heterocycles. The van der Waals surface area contributed by atoms with E-state index in [0.29, 0.717) is 40.3 Å². The second-order valence-electron chi connectivity index (χ2n) is 11.5. The summed E-state index contributed by atoms with van der Waals surface area (Å²) in [5.74, 6) is -1.20. The molecule has 0 saturated carbocycles. The number of amides is 4. The minimum absolute atomic E-state index is 0.0299. The minimum Gasteiger partial charge on any atom is -0.481 e. The van der Waals surface area contributed by atoms with Crippen LogP contribution in [0.2, 0.25) is 5.02 Å². The molecule has 0 bridgehead atoms. The van der Waals surface area contributed by atoms with Gasteiger partial charge in [-0.3, -0.25) is 19.6 Å². The van der Waals surface area contributed by atoms with Gasteiger partial charge in [0.1, 0.15) is 5.03 Å². The molecule has 0 fully saturated rings. The molecular weight excluding hydrogens is 785 g/mol. The number of esters is 1. The summed E-state index contributed by atoms with van der Waals surface area (Å²) in [4.78, 5) is 59.4. The molecule has 23 heteroatoms. The molecule has 0 unspecified atom stereocenters. The van der Waals surface area contributed by atoms with E-state index < -0.39 is 22.0 Å². The first-order chi connectivity index (χ1) is 26.2. The van der Waals surface area contributed by atoms with Crippen LogP contribution >= 0.6 is 23.2 Å². The van der Waals surface area contributed by atoms with Gasteiger partial charge in [0.25, 0.3) is 21.8 Å². The topological polar surface area (TPSA) is 245 Å². The zero-order valence-electron chi connectivity index (χ0n) is 29.9. The van der Waals surface area contributed by atoms with Gasteiger partial charge in [0.05, 0.1) is 51.4 Å². The summed E-state index contributed by atoms with van der Waals surface area (Å²) in [6.45, 7) is 1.87. The highest BCUT2D eigenvalue weighted by Gasteiger charge is 2.39. The van der Waals surface area contributed by atoms with E-state index in [1.165, 1.54) is 51.6 Å². The normalized spacial score (nSPS) is 14.2. The number of ether oxygens (including phenoxy) is 3. The van der Waals surface area contributed by atoms with Gasteiger partial charge in [0.2, 0.25) is 23.5 Å². The number of imide groups is 1. The number of anilines is 2. The number of aryl methyl sites for hydroxylation is 2. The number of rotatable bonds is 10. The molecule has 0 spiro atoms. The predicted molar refractivity (Wildman–Crippen MR) is 195 cm³/mol. The molecule has 0 atom stereocenters. The maximum Gasteiger partial charge on any atom is 0.349 e. The zero-order chi connectivity index (χ0) is 40.0. The lowest BCUT2D eigenvalue weighted by Gasteiger charge is -2.16. The van der Waals surface area contributed by atoms with E-state index in [4.69, 9.17) is 37.4 Å². The first-order valence-corrected chi connectivity index (χ1v) is 18.4. The van der Waals surface area contributed by atoms with Crippen LogP contribution in [0.1, 0.15) is 38.2 Å². The number of hydrogen-bond acceptors (Lipinski definition) is 15. The van der Waals surface area contributed by atoms with E-state index >= 15 is 0 Å². The number of nitrogens with one attached hydrogen (secondary N) is 2. The Kier molecular flexibility index (Phi) is 12.5. The maximum atomic E-state index is 12.8. The second-order valence-corrected chi connectivity index (χ2v) is 13.9. The summed E-state index contributed by atoms with van der Waals surface area (Å²) in [6.07, 6.45) is 5.70. The third-order valence-corrected chi connectivity index (χ3v) is 9.87. The monoisotopic (exact) mass is 817 g/mol. The molecule has 4 heterocycles. The van der Waals surface area contributed by atoms with Crippen LogP contribution in [0.5, 0.6) is 11.8 Å². The summed E-state index contributed by atoms with van der Waals surface area (Å²) in [5.41, 5.74) is 2.11. The van der Waals surface area contributed by atoms with Gasteiger partial charge in [-0.15, -0.1) is 10.2 Å². The Bertz CT molecular complexity index is 2290. The number of sulfonamides is 1. The molecule has 0 saturated heterocycles. The molecule has 1 aromatic carbocycles. The molecule has 4 aromatic rings. The van der Waals surface area contributed by atoms with E-state index in [0.717, 1.165) is 22.3 Å². The average molecular weight is 819 g/mol. The Hall–Kier alpha value is -5.93. The quantitative estimate of drug-likeness (QED) is 0.133. The van der Waals surface area contributed by atoms with Crippen LogP contribution in [0, 0.1) is 0 Å². The third kappa shape index (κ3) is 9.07. The highest BCUT2D eigenvalue weighted by Crippen LogP contribution is 2.37. The summed E-state index contributed by atoms with van der Waals surface area (Å²) < 4.78 is 43.2. The van der Waals surface area contributed by atoms with Crippen molar-refractivity contribution < 1.29 is 41.8 Å². The fraction of sp³-hybridized carbons (Fsp3) is 0.312. The largest absolute Gasteiger partial charge is 0.481 e. The van der Waals surface area contributed by atoms with Crippen molar-refractivity contribution in [1.82, 2.24) is 44.7 Å². The van der Waals surface area contributed by atoms with Crippen molar-refractivity contribution >= 4 is 74.8 Å². The number of methoxy groups -OCH3 is 2. The lowest BCUT2D eigenvalue weighted by molar-refractivity contribution is -0.137. The van der Waals surface area contributed by atoms with Crippen molar-refractivity contribution in [3.05, 3.63) is 57.2 Å². The van der Waals surface area contributed by atoms with E-state index in [9.17, 15) is 27.6 Å². The standard InChI is InChI=1S/C19H17Cl2NO4.C13H16N10O5S/c1-2-26-19(25)16(21)10-11-9-12(7-8-15(11)20)22-17(23)13-5-3-4-6-14(13)18(22)24;1-22-11(7(6-14-22)10-18-21-23(2)19-10)29(25,26)20-13(24)17-12-15-8(27-3)5-9(16-12)28-4/h7-10H,2-6H2,1H3;5-6H,1-4H3,(H2,15,16,17,20,24)/b16-10-;. The molecule has 0 radical (unpaired) electrons. The summed E-state index contributed by atoms with van der Waals surface area (Å²) in [6, 6.07) is 5.01. The lowest BCUT2D eigenvalue weighted by Crippen LogP contribution is -2.36. The van der Waals surface area contributed by atoms with Gasteiger partial charge in [-0.2, -0.15) is 28.3 Å². The number of hydrogen-bond donors (Lipinski definition) is 2. The van der Waals surface area contributed by atoms with Crippen LogP contribution in [0.4, 0.5) is 16.4 Å². The average Bonchev–Trinajstić information content (AvgIpc) is 3.84. The first-order valence-electron chi connectivity index (χ1n) is 16.2. The van der Waals surface area contributed by atoms with Gasteiger partial charge in [-0.05, 0) is 67.7 Å². The fourth-order valence-corrected chi connectivity index (χ4v) is 6.97. The van der Waals surface area contributed by atoms with Crippen LogP contribution in [0.3, 0.4) is 0 Å². The highest BCUT2D eigenvalue weighted by atomic mass is 35.5. The number of halogens is 2. The Balaban J connectivity index is 0.000000212. The van der Waals surface area contributed by atoms with Gasteiger partial charge >= 0.3 is 12.0 Å². The van der Waals surface area contributed by atoms with Gasteiger partial charge < -0.3 is 14.2 Å². The number of tetrazole rings is 1. The van der Waals surface area contributed by atoms with Crippen molar-refractivity contribution in [1.29, 1.82) is 0 Å². The maximum absolute atomic E-state index is 12.8. The van der Waals surface area contributed by atoms with Crippen LogP contribution in [-0.4, -0.2) is 93.0 Å². The van der Waals surface area contributed by atoms with E-state index in [-0.39, 0.29) is 57.6 Å². The Morgan fingerprint density at radius 1 is 1.00 bits per heavy atom. The first kappa shape index (κ1) is 40.3. The SMILES string of the molecule is CCOC(=O)/C(Cl)=C/c1cc(N2C(=O)C3=C(CCCC3)C2=O)ccc1Cl.COc1cc(OC)nc(NC(=O)NS(=O)(=O)c2c(-c3nnn(C)n3)cnn2C)n1. The third-order valence-electron chi connectivity index (χ3n) is 7.82. The highest BCUT2D eigenvalue weighted by molar-refractivity contribution is 7.90. The molecule has 2 N–H and O–H groups in total. The second kappa shape index (κ2) is 17.0. The van der Waals surface area contributed by atoms with Gasteiger partial charge in [-0.1, -0.05) is 23.2 Å². The molecule has 290 valence electrons. The molecule has 1 aliphatic heterocycles. The van der Waals surface area contributed by atoms with Crippen molar-refractivity contribution in [3.8, 4) is 23.1 Å². The number of aromatic nitrogens is 8. The molecule has 4 amide bonds. The molecular formula is C32H33Cl2N11O9S. The zero-order valence-corrected chi connectivity index (χ0v) is 32.2. The summed E-state index contributed by atoms with van der Waals surface area (Å²) >= 11 is 12.1. The Morgan fingerprint density at radius 2 is 1.64 bits per heavy atom. The molecule has 2 aliphatic rings. The molecule has 55 heavy (non-hydrogen) atoms. The van der Waals surface area contributed by atoms with E-state index in [2.05, 4.69) is 35.8 Å². The summed E-state index contributed by atoms with van der Waals surface area (Å²) in [7, 11) is 1.27. The Morgan fingerprint density at radius 3 is 2.20 bits per heavy atom. The number of nitrogens with zero attached hydrogens (tertiary/aromatic N) is 9. The number of carbonyl (C=O) groups is 4. The van der Waals surface area contributed by atoms with Crippen molar-refractivity contribution in [3.63, 3.8) is 0 Å². The minimum atomic E-state index is -4.36. The van der Waals surface area contributed by atoms with E-state index in [1.54, 1.807) is 25.1 Å². The fourth-order valence-electron chi connectivity index (χ4n) is 5.41. The van der Waals surface area contributed by atoms with Crippen molar-refractivity contribution in [2.45, 2.75) is 37.6 Å².